The molecule has 10 aliphatic rings. The Morgan fingerprint density at radius 1 is 0.537 bits per heavy atom. The van der Waals surface area contributed by atoms with Gasteiger partial charge in [-0.25, -0.2) is 4.18 Å². The van der Waals surface area contributed by atoms with Crippen LogP contribution < -0.4 is 0 Å². The number of fused-ring (bicyclic) bond motifs is 5. The summed E-state index contributed by atoms with van der Waals surface area (Å²) in [5.74, 6) is 0.421. The van der Waals surface area contributed by atoms with Gasteiger partial charge in [0, 0.05) is 12.8 Å². The number of carbonyl (C=O) groups is 1. The number of allylic oxidation sites excluding steroid dienone is 2. The molecule has 10 rings (SSSR count). The maximum Gasteiger partial charge on any atom is 0.397 e. The average molecular weight is 1390 g/mol. The van der Waals surface area contributed by atoms with Crippen LogP contribution in [0.15, 0.2) is 11.6 Å². The topological polar surface area (TPSA) is 495 Å². The lowest BCUT2D eigenvalue weighted by Gasteiger charge is -2.59. The average Bonchev–Trinajstić information content (AvgIpc) is 1.70. The molecule has 0 aromatic rings. The number of ether oxygens (including phenoxy) is 12. The molecule has 33 heteroatoms. The highest BCUT2D eigenvalue weighted by atomic mass is 32.3. The molecule has 0 bridgehead atoms. The van der Waals surface area contributed by atoms with Crippen molar-refractivity contribution >= 4 is 16.2 Å². The van der Waals surface area contributed by atoms with Crippen LogP contribution in [0, 0.1) is 46.3 Å². The second kappa shape index (κ2) is 30.3. The minimum atomic E-state index is -4.89. The monoisotopic (exact) mass is 1390 g/mol. The van der Waals surface area contributed by atoms with Crippen molar-refractivity contribution in [2.45, 2.75) is 304 Å². The standard InChI is InChI=1S/C62H102O32S/c1-22(2)15-27(65)16-23(3)30-9-10-31-29-18-34(33-17-28(94-95(79,80)81)11-13-62(33,8)32(29)12-14-61(30,31)7)86-57-49(77)52(40(68)25(5)84-57)91-59-53(92-55-47(75)44(72)38(66)24(4)83-55)43(71)37(21-82-59)89-60-54(46(74)42(70)36(20-64)88-60)93-58-50(78)51(39(67)26(6)85-58)90-56-48(76)45(73)41(69)35(19-63)87-56/h12,22-26,28-31,33-60,63-64,66-78H,9-11,13-21H2,1-8H3,(H,79,80,81)/t23-,24-,25-,26-,28+,29?,30-,31?,33?,34+,35-,36-,37-,38-,39-,40-,41+,42+,43+,44+,45+,46+,47-,48-,49-,50-,51+,52+,53-,54-,55+,56+,57+,58+,59+,60+,61-,62-/m1/s1. The Labute approximate surface area is 551 Å². The molecule has 6 saturated heterocycles. The molecule has 0 amide bonds. The lowest BCUT2D eigenvalue weighted by molar-refractivity contribution is -0.402. The molecule has 95 heavy (non-hydrogen) atoms. The third-order valence-corrected chi connectivity index (χ3v) is 22.9. The van der Waals surface area contributed by atoms with E-state index in [4.69, 9.17) is 61.0 Å². The summed E-state index contributed by atoms with van der Waals surface area (Å²) in [6.45, 7) is 12.3. The van der Waals surface area contributed by atoms with E-state index in [1.807, 2.05) is 13.8 Å². The van der Waals surface area contributed by atoms with Crippen LogP contribution in [0.25, 0.3) is 0 Å². The first kappa shape index (κ1) is 75.9. The normalized spacial score (nSPS) is 51.7. The van der Waals surface area contributed by atoms with Crippen molar-refractivity contribution in [3.63, 3.8) is 0 Å². The van der Waals surface area contributed by atoms with Crippen LogP contribution in [0.1, 0.15) is 113 Å². The SMILES string of the molecule is CC(C)CC(=O)C[C@@H](C)[C@H]1CCC2C3C[C@H](O[C@@H]4O[C@H](C)[C@@H](O)[C@H](O[C@@H]5OC[C@@H](O[C@@H]6O[C@H](CO)[C@H](O)[C@H](O)[C@H]6O[C@@H]6O[C@H](C)[C@@H](O)[C@H](O[C@@H]7O[C@H](CO)[C@H](O)[C@H](O)[C@H]7O)[C@H]6O)[C@H](O)[C@H]5O[C@@H]5O[C@H](C)[C@@H](O)[C@H](O)[C@H]5O)[C@H]4O)C4C[C@@H](OS(=O)(=O)O)CC[C@]4(C)C3=CC[C@@]21C. The highest BCUT2D eigenvalue weighted by Gasteiger charge is 2.63. The quantitative estimate of drug-likeness (QED) is 0.0385. The zero-order valence-electron chi connectivity index (χ0n) is 54.5. The Morgan fingerprint density at radius 2 is 1.03 bits per heavy atom. The number of rotatable bonds is 21. The van der Waals surface area contributed by atoms with Gasteiger partial charge in [0.1, 0.15) is 128 Å². The first-order valence-electron chi connectivity index (χ1n) is 33.4. The van der Waals surface area contributed by atoms with Crippen molar-refractivity contribution in [3.8, 4) is 0 Å². The second-order valence-corrected chi connectivity index (χ2v) is 30.2. The maximum atomic E-state index is 13.2. The predicted octanol–water partition coefficient (Wildman–Crippen LogP) is -3.97. The van der Waals surface area contributed by atoms with Crippen molar-refractivity contribution in [2.75, 3.05) is 19.8 Å². The molecule has 32 nitrogen and oxygen atoms in total. The smallest absolute Gasteiger partial charge is 0.394 e. The summed E-state index contributed by atoms with van der Waals surface area (Å²) in [7, 11) is -4.89. The third kappa shape index (κ3) is 15.3. The van der Waals surface area contributed by atoms with E-state index in [9.17, 15) is 94.4 Å². The van der Waals surface area contributed by atoms with Gasteiger partial charge in [-0.1, -0.05) is 46.3 Å². The van der Waals surface area contributed by atoms with Crippen molar-refractivity contribution in [3.05, 3.63) is 11.6 Å². The van der Waals surface area contributed by atoms with Crippen LogP contribution >= 0.6 is 0 Å². The van der Waals surface area contributed by atoms with E-state index in [1.54, 1.807) is 0 Å². The number of carbonyl (C=O) groups excluding carboxylic acids is 1. The fraction of sp³-hybridized carbons (Fsp3) is 0.952. The largest absolute Gasteiger partial charge is 0.397 e. The van der Waals surface area contributed by atoms with Gasteiger partial charge in [0.25, 0.3) is 0 Å². The molecular formula is C62H102O32S. The zero-order valence-corrected chi connectivity index (χ0v) is 55.3. The third-order valence-electron chi connectivity index (χ3n) is 22.4. The molecule has 3 saturated carbocycles. The van der Waals surface area contributed by atoms with Crippen LogP contribution in [-0.2, 0) is 76.2 Å². The number of Topliss-reactive ketones (excluding diaryl/α,β-unsaturated/α-hetero) is 1. The minimum absolute atomic E-state index is 0.0583. The van der Waals surface area contributed by atoms with Crippen LogP contribution in [0.3, 0.4) is 0 Å². The van der Waals surface area contributed by atoms with Gasteiger partial charge in [0.2, 0.25) is 0 Å². The molecule has 6 aliphatic heterocycles. The molecule has 0 aromatic heterocycles. The molecule has 0 radical (unpaired) electrons. The number of hydrogen-bond donors (Lipinski definition) is 16. The van der Waals surface area contributed by atoms with Crippen LogP contribution in [0.2, 0.25) is 0 Å². The summed E-state index contributed by atoms with van der Waals surface area (Å²) in [5, 5.41) is 167. The first-order chi connectivity index (χ1) is 44.6. The summed E-state index contributed by atoms with van der Waals surface area (Å²) in [6, 6.07) is 0. The molecule has 0 aromatic carbocycles. The Kier molecular flexibility index (Phi) is 24.2. The van der Waals surface area contributed by atoms with Gasteiger partial charge >= 0.3 is 10.4 Å². The lowest BCUT2D eigenvalue weighted by Crippen LogP contribution is -2.67. The lowest BCUT2D eigenvalue weighted by atomic mass is 9.47. The Balaban J connectivity index is 0.899. The van der Waals surface area contributed by atoms with Gasteiger partial charge in [-0.15, -0.1) is 0 Å². The molecule has 16 N–H and O–H groups in total. The van der Waals surface area contributed by atoms with Crippen molar-refractivity contribution in [1.82, 2.24) is 0 Å². The first-order valence-corrected chi connectivity index (χ1v) is 34.7. The number of aliphatic hydroxyl groups excluding tert-OH is 15. The van der Waals surface area contributed by atoms with Crippen molar-refractivity contribution < 1.29 is 155 Å². The molecule has 38 atom stereocenters. The highest BCUT2D eigenvalue weighted by molar-refractivity contribution is 7.80. The molecule has 548 valence electrons. The predicted molar refractivity (Wildman–Crippen MR) is 317 cm³/mol. The van der Waals surface area contributed by atoms with E-state index in [0.717, 1.165) is 19.3 Å². The van der Waals surface area contributed by atoms with E-state index >= 15 is 0 Å². The van der Waals surface area contributed by atoms with E-state index in [-0.39, 0.29) is 53.6 Å². The van der Waals surface area contributed by atoms with Crippen LogP contribution in [-0.4, -0.2) is 306 Å². The zero-order chi connectivity index (χ0) is 69.4. The van der Waals surface area contributed by atoms with Crippen molar-refractivity contribution in [1.29, 1.82) is 0 Å². The van der Waals surface area contributed by atoms with E-state index in [0.29, 0.717) is 25.7 Å². The number of hydrogen-bond acceptors (Lipinski definition) is 31. The Bertz CT molecular complexity index is 2700. The summed E-state index contributed by atoms with van der Waals surface area (Å²) in [4.78, 5) is 13.2. The van der Waals surface area contributed by atoms with Gasteiger partial charge in [-0.3, -0.25) is 9.35 Å². The van der Waals surface area contributed by atoms with Crippen LogP contribution in [0.5, 0.6) is 0 Å². The van der Waals surface area contributed by atoms with Crippen molar-refractivity contribution in [2.24, 2.45) is 46.3 Å². The molecule has 3 unspecified atom stereocenters. The molecular weight excluding hydrogens is 1290 g/mol. The second-order valence-electron chi connectivity index (χ2n) is 29.2. The highest BCUT2D eigenvalue weighted by Crippen LogP contribution is 2.67. The van der Waals surface area contributed by atoms with Gasteiger partial charge in [0.05, 0.1) is 50.3 Å². The van der Waals surface area contributed by atoms with Gasteiger partial charge in [-0.05, 0) is 112 Å². The van der Waals surface area contributed by atoms with E-state index in [2.05, 4.69) is 26.8 Å². The summed E-state index contributed by atoms with van der Waals surface area (Å²) in [6.07, 6.45) is -46.4. The van der Waals surface area contributed by atoms with E-state index < -0.39 is 232 Å². The molecule has 0 spiro atoms. The van der Waals surface area contributed by atoms with Gasteiger partial charge in [-0.2, -0.15) is 8.42 Å². The summed E-state index contributed by atoms with van der Waals surface area (Å²) >= 11 is 0. The van der Waals surface area contributed by atoms with Gasteiger partial charge in [0.15, 0.2) is 37.7 Å². The Hall–Kier alpha value is -1.80. The number of aliphatic hydroxyl groups is 15. The van der Waals surface area contributed by atoms with Gasteiger partial charge < -0.3 is 133 Å². The molecule has 6 heterocycles. The maximum absolute atomic E-state index is 13.2. The number of ketones is 1. The molecule has 9 fully saturated rings. The Morgan fingerprint density at radius 3 is 1.61 bits per heavy atom. The minimum Gasteiger partial charge on any atom is -0.394 e. The fourth-order valence-electron chi connectivity index (χ4n) is 17.2. The van der Waals surface area contributed by atoms with Crippen LogP contribution in [0.4, 0.5) is 0 Å². The summed E-state index contributed by atoms with van der Waals surface area (Å²) < 4.78 is 113. The van der Waals surface area contributed by atoms with E-state index in [1.165, 1.54) is 26.3 Å². The summed E-state index contributed by atoms with van der Waals surface area (Å²) in [5.41, 5.74) is 0.408. The molecule has 4 aliphatic carbocycles. The fourth-order valence-corrected chi connectivity index (χ4v) is 17.7.